The van der Waals surface area contributed by atoms with Crippen LogP contribution in [0.4, 0.5) is 5.82 Å². The topological polar surface area (TPSA) is 52.6 Å². The lowest BCUT2D eigenvalue weighted by Gasteiger charge is -2.17. The molecular weight excluding hydrogens is 306 g/mol. The second-order valence-corrected chi connectivity index (χ2v) is 6.41. The molecule has 1 saturated heterocycles. The van der Waals surface area contributed by atoms with Crippen molar-refractivity contribution in [2.45, 2.75) is 25.9 Å². The molecule has 2 N–H and O–H groups in total. The number of anilines is 1. The fourth-order valence-corrected chi connectivity index (χ4v) is 3.34. The minimum Gasteiger partial charge on any atom is -0.357 e. The molecule has 0 bridgehead atoms. The molecule has 0 atom stereocenters. The van der Waals surface area contributed by atoms with Gasteiger partial charge in [-0.05, 0) is 52.9 Å². The molecule has 3 heterocycles. The first-order chi connectivity index (χ1) is 11.3. The van der Waals surface area contributed by atoms with Gasteiger partial charge in [-0.3, -0.25) is 4.99 Å². The highest BCUT2D eigenvalue weighted by atomic mass is 32.1. The smallest absolute Gasteiger partial charge is 0.191 e. The van der Waals surface area contributed by atoms with E-state index < -0.39 is 0 Å². The number of thiophene rings is 1. The highest BCUT2D eigenvalue weighted by Gasteiger charge is 2.13. The normalized spacial score (nSPS) is 15.0. The summed E-state index contributed by atoms with van der Waals surface area (Å²) in [6, 6.07) is 6.35. The molecule has 0 unspecified atom stereocenters. The maximum absolute atomic E-state index is 4.49. The zero-order chi connectivity index (χ0) is 15.9. The van der Waals surface area contributed by atoms with Crippen LogP contribution in [0.2, 0.25) is 0 Å². The summed E-state index contributed by atoms with van der Waals surface area (Å²) in [4.78, 5) is 11.1. The number of pyridine rings is 1. The van der Waals surface area contributed by atoms with E-state index in [1.807, 2.05) is 6.20 Å². The highest BCUT2D eigenvalue weighted by Crippen LogP contribution is 2.18. The minimum atomic E-state index is 0.743. The van der Waals surface area contributed by atoms with Gasteiger partial charge in [-0.25, -0.2) is 4.98 Å². The molecule has 0 radical (unpaired) electrons. The molecule has 5 nitrogen and oxygen atoms in total. The second kappa shape index (κ2) is 7.97. The highest BCUT2D eigenvalue weighted by molar-refractivity contribution is 7.07. The number of nitrogens with zero attached hydrogens (tertiary/aromatic N) is 3. The molecule has 0 saturated carbocycles. The summed E-state index contributed by atoms with van der Waals surface area (Å²) in [5.41, 5.74) is 2.50. The zero-order valence-electron chi connectivity index (χ0n) is 13.5. The van der Waals surface area contributed by atoms with Crippen molar-refractivity contribution in [3.63, 3.8) is 0 Å². The molecule has 0 aromatic carbocycles. The Morgan fingerprint density at radius 1 is 1.22 bits per heavy atom. The van der Waals surface area contributed by atoms with Crippen molar-refractivity contribution >= 4 is 23.1 Å². The quantitative estimate of drug-likeness (QED) is 0.654. The van der Waals surface area contributed by atoms with Gasteiger partial charge in [0.15, 0.2) is 5.96 Å². The summed E-state index contributed by atoms with van der Waals surface area (Å²) in [6.07, 6.45) is 4.43. The Labute approximate surface area is 141 Å². The summed E-state index contributed by atoms with van der Waals surface area (Å²) in [5.74, 6) is 1.90. The maximum atomic E-state index is 4.49. The molecule has 122 valence electrons. The van der Waals surface area contributed by atoms with E-state index >= 15 is 0 Å². The molecular formula is C17H23N5S. The van der Waals surface area contributed by atoms with E-state index in [9.17, 15) is 0 Å². The third-order valence-corrected chi connectivity index (χ3v) is 4.70. The first-order valence-electron chi connectivity index (χ1n) is 8.00. The lowest BCUT2D eigenvalue weighted by Crippen LogP contribution is -2.36. The number of hydrogen-bond donors (Lipinski definition) is 2. The molecule has 23 heavy (non-hydrogen) atoms. The summed E-state index contributed by atoms with van der Waals surface area (Å²) in [6.45, 7) is 3.77. The fraction of sp³-hybridized carbons (Fsp3) is 0.412. The Morgan fingerprint density at radius 2 is 2.00 bits per heavy atom. The second-order valence-electron chi connectivity index (χ2n) is 5.63. The van der Waals surface area contributed by atoms with Crippen molar-refractivity contribution in [3.8, 4) is 0 Å². The lowest BCUT2D eigenvalue weighted by molar-refractivity contribution is 0.808. The Balaban J connectivity index is 1.53. The molecule has 0 spiro atoms. The maximum Gasteiger partial charge on any atom is 0.191 e. The number of nitrogens with one attached hydrogen (secondary N) is 2. The van der Waals surface area contributed by atoms with Gasteiger partial charge in [-0.15, -0.1) is 0 Å². The van der Waals surface area contributed by atoms with Crippen molar-refractivity contribution < 1.29 is 0 Å². The Kier molecular flexibility index (Phi) is 5.47. The molecule has 2 aromatic heterocycles. The van der Waals surface area contributed by atoms with Crippen molar-refractivity contribution in [1.29, 1.82) is 0 Å². The monoisotopic (exact) mass is 329 g/mol. The van der Waals surface area contributed by atoms with Gasteiger partial charge in [0, 0.05) is 39.4 Å². The average Bonchev–Trinajstić information content (AvgIpc) is 3.29. The number of aliphatic imine (C=N–C) groups is 1. The van der Waals surface area contributed by atoms with Gasteiger partial charge in [0.25, 0.3) is 0 Å². The largest absolute Gasteiger partial charge is 0.357 e. The van der Waals surface area contributed by atoms with E-state index in [0.717, 1.165) is 38.0 Å². The summed E-state index contributed by atoms with van der Waals surface area (Å²) >= 11 is 1.71. The van der Waals surface area contributed by atoms with Crippen LogP contribution in [0.25, 0.3) is 0 Å². The lowest BCUT2D eigenvalue weighted by atomic mass is 10.2. The van der Waals surface area contributed by atoms with Crippen LogP contribution in [0.1, 0.15) is 24.0 Å². The van der Waals surface area contributed by atoms with Crippen molar-refractivity contribution in [3.05, 3.63) is 46.3 Å². The molecule has 1 fully saturated rings. The average molecular weight is 329 g/mol. The molecule has 6 heteroatoms. The van der Waals surface area contributed by atoms with Gasteiger partial charge < -0.3 is 15.5 Å². The van der Waals surface area contributed by atoms with Crippen LogP contribution < -0.4 is 15.5 Å². The van der Waals surface area contributed by atoms with Crippen molar-refractivity contribution in [2.75, 3.05) is 25.0 Å². The van der Waals surface area contributed by atoms with E-state index in [1.54, 1.807) is 18.4 Å². The summed E-state index contributed by atoms with van der Waals surface area (Å²) < 4.78 is 0. The predicted molar refractivity (Wildman–Crippen MR) is 97.0 cm³/mol. The number of aromatic nitrogens is 1. The number of guanidine groups is 1. The summed E-state index contributed by atoms with van der Waals surface area (Å²) in [5, 5.41) is 10.9. The Morgan fingerprint density at radius 3 is 2.70 bits per heavy atom. The fourth-order valence-electron chi connectivity index (χ4n) is 2.68. The third-order valence-electron chi connectivity index (χ3n) is 3.96. The first kappa shape index (κ1) is 15.8. The van der Waals surface area contributed by atoms with Crippen LogP contribution in [0.15, 0.2) is 40.1 Å². The van der Waals surface area contributed by atoms with Crippen LogP contribution in [-0.2, 0) is 13.1 Å². The van der Waals surface area contributed by atoms with Gasteiger partial charge in [0.2, 0.25) is 0 Å². The summed E-state index contributed by atoms with van der Waals surface area (Å²) in [7, 11) is 1.80. The van der Waals surface area contributed by atoms with Crippen LogP contribution in [0.5, 0.6) is 0 Å². The van der Waals surface area contributed by atoms with Gasteiger partial charge in [0.05, 0.1) is 0 Å². The number of rotatable bonds is 5. The Bertz CT molecular complexity index is 632. The van der Waals surface area contributed by atoms with Crippen molar-refractivity contribution in [2.24, 2.45) is 4.99 Å². The first-order valence-corrected chi connectivity index (χ1v) is 8.95. The molecule has 0 aliphatic carbocycles. The van der Waals surface area contributed by atoms with Gasteiger partial charge in [-0.1, -0.05) is 0 Å². The molecule has 0 amide bonds. The van der Waals surface area contributed by atoms with Gasteiger partial charge in [-0.2, -0.15) is 11.3 Å². The molecule has 2 aromatic rings. The zero-order valence-corrected chi connectivity index (χ0v) is 14.3. The van der Waals surface area contributed by atoms with Crippen LogP contribution in [0, 0.1) is 0 Å². The van der Waals surface area contributed by atoms with E-state index in [-0.39, 0.29) is 0 Å². The minimum absolute atomic E-state index is 0.743. The van der Waals surface area contributed by atoms with E-state index in [0.29, 0.717) is 0 Å². The van der Waals surface area contributed by atoms with Crippen LogP contribution >= 0.6 is 11.3 Å². The number of hydrogen-bond acceptors (Lipinski definition) is 4. The van der Waals surface area contributed by atoms with Crippen LogP contribution in [-0.4, -0.2) is 31.1 Å². The Hall–Kier alpha value is -2.08. The standard InChI is InChI=1S/C17H23N5S/c1-18-17(21-12-15-5-9-23-13-15)20-11-14-4-6-19-16(10-14)22-7-2-3-8-22/h4-6,9-10,13H,2-3,7-8,11-12H2,1H3,(H2,18,20,21). The van der Waals surface area contributed by atoms with Gasteiger partial charge in [0.1, 0.15) is 5.82 Å². The van der Waals surface area contributed by atoms with E-state index in [4.69, 9.17) is 0 Å². The third kappa shape index (κ3) is 4.45. The SMILES string of the molecule is CN=C(NCc1ccsc1)NCc1ccnc(N2CCCC2)c1. The molecule has 1 aliphatic heterocycles. The molecule has 3 rings (SSSR count). The molecule has 1 aliphatic rings. The predicted octanol–water partition coefficient (Wildman–Crippen LogP) is 2.61. The van der Waals surface area contributed by atoms with E-state index in [1.165, 1.54) is 24.0 Å². The van der Waals surface area contributed by atoms with E-state index in [2.05, 4.69) is 54.5 Å². The van der Waals surface area contributed by atoms with Gasteiger partial charge >= 0.3 is 0 Å². The van der Waals surface area contributed by atoms with Crippen LogP contribution in [0.3, 0.4) is 0 Å². The van der Waals surface area contributed by atoms with Crippen molar-refractivity contribution in [1.82, 2.24) is 15.6 Å².